The molecule has 8 heteroatoms. The molecule has 24 heavy (non-hydrogen) atoms. The number of non-ortho nitro benzene ring substituents is 1. The Balaban J connectivity index is 1.75. The van der Waals surface area contributed by atoms with Gasteiger partial charge >= 0.3 is 0 Å². The molecular formula is C16H17N3O5. The minimum atomic E-state index is -0.536. The van der Waals surface area contributed by atoms with E-state index in [1.54, 1.807) is 19.1 Å². The summed E-state index contributed by atoms with van der Waals surface area (Å²) in [7, 11) is 0. The standard InChI is InChI=1S/C16H17N3O5/c1-11(14-3-2-10-24-14)18-15(20)8-9-17-16(21)12-4-6-13(7-5-12)19(22)23/h2-7,10-11H,8-9H2,1H3,(H,17,21)(H,18,20)/t11-/m0/s1. The molecule has 8 nitrogen and oxygen atoms in total. The Morgan fingerprint density at radius 1 is 1.25 bits per heavy atom. The van der Waals surface area contributed by atoms with Crippen molar-refractivity contribution in [1.29, 1.82) is 0 Å². The van der Waals surface area contributed by atoms with Crippen molar-refractivity contribution in [2.24, 2.45) is 0 Å². The van der Waals surface area contributed by atoms with Crippen molar-refractivity contribution in [3.8, 4) is 0 Å². The van der Waals surface area contributed by atoms with Gasteiger partial charge in [-0.05, 0) is 31.2 Å². The number of nitrogens with one attached hydrogen (secondary N) is 2. The molecule has 0 aliphatic carbocycles. The van der Waals surface area contributed by atoms with Gasteiger partial charge in [-0.25, -0.2) is 0 Å². The SMILES string of the molecule is C[C@H](NC(=O)CCNC(=O)c1ccc([N+](=O)[O-])cc1)c1ccco1. The van der Waals surface area contributed by atoms with Crippen LogP contribution in [0.4, 0.5) is 5.69 Å². The van der Waals surface area contributed by atoms with E-state index in [1.807, 2.05) is 0 Å². The van der Waals surface area contributed by atoms with E-state index >= 15 is 0 Å². The molecule has 1 aromatic carbocycles. The Morgan fingerprint density at radius 3 is 2.54 bits per heavy atom. The van der Waals surface area contributed by atoms with Gasteiger partial charge in [-0.3, -0.25) is 19.7 Å². The number of nitro benzene ring substituents is 1. The fourth-order valence-electron chi connectivity index (χ4n) is 2.05. The normalized spacial score (nSPS) is 11.5. The quantitative estimate of drug-likeness (QED) is 0.596. The second-order valence-corrected chi connectivity index (χ2v) is 5.11. The molecule has 2 amide bonds. The van der Waals surface area contributed by atoms with Crippen LogP contribution in [0.3, 0.4) is 0 Å². The topological polar surface area (TPSA) is 114 Å². The lowest BCUT2D eigenvalue weighted by Crippen LogP contribution is -2.31. The number of furan rings is 1. The largest absolute Gasteiger partial charge is 0.467 e. The number of nitrogens with zero attached hydrogens (tertiary/aromatic N) is 1. The van der Waals surface area contributed by atoms with Gasteiger partial charge in [0.05, 0.1) is 17.2 Å². The van der Waals surface area contributed by atoms with Gasteiger partial charge in [0.1, 0.15) is 5.76 Å². The summed E-state index contributed by atoms with van der Waals surface area (Å²) < 4.78 is 5.19. The summed E-state index contributed by atoms with van der Waals surface area (Å²) in [5.74, 6) is 0.0398. The maximum absolute atomic E-state index is 11.9. The number of amides is 2. The molecule has 2 aromatic rings. The van der Waals surface area contributed by atoms with Crippen LogP contribution in [0, 0.1) is 10.1 Å². The van der Waals surface area contributed by atoms with Crippen LogP contribution in [0.1, 0.15) is 35.5 Å². The number of hydrogen-bond acceptors (Lipinski definition) is 5. The molecule has 0 saturated carbocycles. The molecule has 2 rings (SSSR count). The van der Waals surface area contributed by atoms with Gasteiger partial charge in [0.25, 0.3) is 11.6 Å². The second kappa shape index (κ2) is 7.91. The molecule has 2 N–H and O–H groups in total. The van der Waals surface area contributed by atoms with Crippen molar-refractivity contribution in [1.82, 2.24) is 10.6 Å². The highest BCUT2D eigenvalue weighted by Gasteiger charge is 2.13. The van der Waals surface area contributed by atoms with Gasteiger partial charge in [0.2, 0.25) is 5.91 Å². The Kier molecular flexibility index (Phi) is 5.67. The van der Waals surface area contributed by atoms with Crippen molar-refractivity contribution in [2.45, 2.75) is 19.4 Å². The van der Waals surface area contributed by atoms with Gasteiger partial charge < -0.3 is 15.1 Å². The first kappa shape index (κ1) is 17.2. The molecule has 1 atom stereocenters. The van der Waals surface area contributed by atoms with E-state index in [0.29, 0.717) is 11.3 Å². The minimum Gasteiger partial charge on any atom is -0.467 e. The summed E-state index contributed by atoms with van der Waals surface area (Å²) >= 11 is 0. The van der Waals surface area contributed by atoms with E-state index in [1.165, 1.54) is 30.5 Å². The van der Waals surface area contributed by atoms with Gasteiger partial charge in [-0.1, -0.05) is 0 Å². The molecule has 1 heterocycles. The first-order valence-corrected chi connectivity index (χ1v) is 7.33. The number of benzene rings is 1. The molecule has 0 spiro atoms. The van der Waals surface area contributed by atoms with Crippen LogP contribution in [0.25, 0.3) is 0 Å². The third-order valence-corrected chi connectivity index (χ3v) is 3.33. The molecule has 0 fully saturated rings. The predicted octanol–water partition coefficient (Wildman–Crippen LogP) is 2.19. The molecule has 0 bridgehead atoms. The fourth-order valence-corrected chi connectivity index (χ4v) is 2.05. The summed E-state index contributed by atoms with van der Waals surface area (Å²) in [4.78, 5) is 33.7. The Morgan fingerprint density at radius 2 is 1.96 bits per heavy atom. The molecule has 0 aliphatic rings. The number of nitro groups is 1. The summed E-state index contributed by atoms with van der Waals surface area (Å²) in [6, 6.07) is 8.50. The van der Waals surface area contributed by atoms with Gasteiger partial charge in [-0.2, -0.15) is 0 Å². The number of hydrogen-bond donors (Lipinski definition) is 2. The summed E-state index contributed by atoms with van der Waals surface area (Å²) in [6.07, 6.45) is 1.65. The third kappa shape index (κ3) is 4.67. The zero-order chi connectivity index (χ0) is 17.5. The number of carbonyl (C=O) groups excluding carboxylic acids is 2. The molecule has 0 unspecified atom stereocenters. The highest BCUT2D eigenvalue weighted by molar-refractivity contribution is 5.94. The van der Waals surface area contributed by atoms with Gasteiger partial charge in [0, 0.05) is 30.7 Å². The van der Waals surface area contributed by atoms with Crippen molar-refractivity contribution in [2.75, 3.05) is 6.54 Å². The lowest BCUT2D eigenvalue weighted by atomic mass is 10.2. The molecule has 126 valence electrons. The Labute approximate surface area is 138 Å². The molecule has 0 aliphatic heterocycles. The van der Waals surface area contributed by atoms with E-state index in [-0.39, 0.29) is 30.6 Å². The van der Waals surface area contributed by atoms with Crippen molar-refractivity contribution in [3.63, 3.8) is 0 Å². The first-order chi connectivity index (χ1) is 11.5. The van der Waals surface area contributed by atoms with E-state index in [9.17, 15) is 19.7 Å². The fraction of sp³-hybridized carbons (Fsp3) is 0.250. The van der Waals surface area contributed by atoms with Crippen LogP contribution in [-0.4, -0.2) is 23.3 Å². The molecular weight excluding hydrogens is 314 g/mol. The Bertz CT molecular complexity index is 710. The second-order valence-electron chi connectivity index (χ2n) is 5.11. The van der Waals surface area contributed by atoms with E-state index in [2.05, 4.69) is 10.6 Å². The predicted molar refractivity (Wildman–Crippen MR) is 85.3 cm³/mol. The van der Waals surface area contributed by atoms with Crippen LogP contribution < -0.4 is 10.6 Å². The molecule has 0 radical (unpaired) electrons. The van der Waals surface area contributed by atoms with E-state index in [0.717, 1.165) is 0 Å². The third-order valence-electron chi connectivity index (χ3n) is 3.33. The highest BCUT2D eigenvalue weighted by Crippen LogP contribution is 2.13. The number of carbonyl (C=O) groups is 2. The molecule has 0 saturated heterocycles. The highest BCUT2D eigenvalue weighted by atomic mass is 16.6. The maximum Gasteiger partial charge on any atom is 0.269 e. The minimum absolute atomic E-state index is 0.0853. The zero-order valence-corrected chi connectivity index (χ0v) is 13.0. The first-order valence-electron chi connectivity index (χ1n) is 7.33. The van der Waals surface area contributed by atoms with Crippen LogP contribution in [-0.2, 0) is 4.79 Å². The lowest BCUT2D eigenvalue weighted by Gasteiger charge is -2.11. The van der Waals surface area contributed by atoms with Crippen molar-refractivity contribution < 1.29 is 18.9 Å². The Hall–Kier alpha value is -3.16. The van der Waals surface area contributed by atoms with Crippen molar-refractivity contribution in [3.05, 3.63) is 64.1 Å². The van der Waals surface area contributed by atoms with Crippen LogP contribution in [0.2, 0.25) is 0 Å². The van der Waals surface area contributed by atoms with Crippen LogP contribution in [0.15, 0.2) is 47.1 Å². The van der Waals surface area contributed by atoms with Crippen LogP contribution in [0.5, 0.6) is 0 Å². The smallest absolute Gasteiger partial charge is 0.269 e. The number of rotatable bonds is 7. The van der Waals surface area contributed by atoms with Gasteiger partial charge in [-0.15, -0.1) is 0 Å². The van der Waals surface area contributed by atoms with Crippen molar-refractivity contribution >= 4 is 17.5 Å². The van der Waals surface area contributed by atoms with Gasteiger partial charge in [0.15, 0.2) is 0 Å². The average molecular weight is 331 g/mol. The van der Waals surface area contributed by atoms with E-state index < -0.39 is 10.8 Å². The summed E-state index contributed by atoms with van der Waals surface area (Å²) in [6.45, 7) is 1.96. The monoisotopic (exact) mass is 331 g/mol. The molecule has 1 aromatic heterocycles. The maximum atomic E-state index is 11.9. The zero-order valence-electron chi connectivity index (χ0n) is 13.0. The average Bonchev–Trinajstić information content (AvgIpc) is 3.09. The van der Waals surface area contributed by atoms with Crippen LogP contribution >= 0.6 is 0 Å². The lowest BCUT2D eigenvalue weighted by molar-refractivity contribution is -0.384. The summed E-state index contributed by atoms with van der Waals surface area (Å²) in [5, 5.41) is 15.9. The summed E-state index contributed by atoms with van der Waals surface area (Å²) in [5.41, 5.74) is 0.211. The van der Waals surface area contributed by atoms with E-state index in [4.69, 9.17) is 4.42 Å².